The number of aliphatic hydroxyl groups excluding tert-OH is 6. The van der Waals surface area contributed by atoms with Crippen LogP contribution in [0.2, 0.25) is 0 Å². The average molecular weight is 651 g/mol. The van der Waals surface area contributed by atoms with Gasteiger partial charge < -0.3 is 55.2 Å². The van der Waals surface area contributed by atoms with Crippen LogP contribution < -0.4 is 16.6 Å². The largest absolute Gasteiger partial charge is 0.483 e. The SMILES string of the molecule is CC(=O)N[C@@H]1[C@@H](O)[C@H](O)[C@@H](CO)O[C@@H]1CC(O)OP(=O)(O)OP(=O)(O)OC[C@H]1O[C@@H](n2ccc(=O)[nH]c2=O)[C@H](O)[C@@H]1O. The van der Waals surface area contributed by atoms with Gasteiger partial charge in [0, 0.05) is 25.6 Å². The highest BCUT2D eigenvalue weighted by molar-refractivity contribution is 7.61. The lowest BCUT2D eigenvalue weighted by Crippen LogP contribution is -2.64. The minimum atomic E-state index is -5.62. The Kier molecular flexibility index (Phi) is 11.4. The summed E-state index contributed by atoms with van der Waals surface area (Å²) in [4.78, 5) is 56.4. The first-order chi connectivity index (χ1) is 19.4. The monoisotopic (exact) mass is 651 g/mol. The standard InChI is InChI=1S/C19H31N3O18P2/c1-7(24)20-13-8(37-9(5-23)14(27)16(13)29)4-12(26)39-42(34,35)40-41(32,33)36-6-10-15(28)17(30)18(38-10)22-3-2-11(25)21-19(22)31/h2-3,8-10,12-18,23,26-30H,4-6H2,1H3,(H,20,24)(H,32,33)(H,34,35)(H,21,25,31)/t8-,9-,10-,12?,13+,14-,15-,16-,17-,18-/m1/s1. The van der Waals surface area contributed by atoms with Crippen LogP contribution in [0.15, 0.2) is 21.9 Å². The van der Waals surface area contributed by atoms with Crippen molar-refractivity contribution in [2.75, 3.05) is 13.2 Å². The van der Waals surface area contributed by atoms with Crippen molar-refractivity contribution in [1.82, 2.24) is 14.9 Å². The van der Waals surface area contributed by atoms with Crippen LogP contribution in [0, 0.1) is 0 Å². The molecule has 0 saturated carbocycles. The number of hydrogen-bond donors (Lipinski definition) is 10. The Balaban J connectivity index is 1.59. The number of amides is 1. The number of aromatic amines is 1. The predicted octanol–water partition coefficient (Wildman–Crippen LogP) is -4.90. The van der Waals surface area contributed by atoms with Gasteiger partial charge in [-0.3, -0.25) is 28.2 Å². The molecule has 21 nitrogen and oxygen atoms in total. The number of hydrogen-bond acceptors (Lipinski definition) is 16. The minimum Gasteiger partial charge on any atom is -0.394 e. The molecule has 240 valence electrons. The number of nitrogens with zero attached hydrogens (tertiary/aromatic N) is 1. The van der Waals surface area contributed by atoms with Crippen LogP contribution >= 0.6 is 15.6 Å². The number of phosphoric ester groups is 2. The fourth-order valence-corrected chi connectivity index (χ4v) is 6.38. The van der Waals surface area contributed by atoms with E-state index in [4.69, 9.17) is 9.47 Å². The third-order valence-electron chi connectivity index (χ3n) is 6.16. The quantitative estimate of drug-likeness (QED) is 0.0747. The van der Waals surface area contributed by atoms with Crippen molar-refractivity contribution in [2.45, 2.75) is 74.6 Å². The van der Waals surface area contributed by atoms with Crippen LogP contribution in [-0.4, -0.2) is 124 Å². The van der Waals surface area contributed by atoms with Gasteiger partial charge in [-0.25, -0.2) is 13.9 Å². The van der Waals surface area contributed by atoms with Crippen LogP contribution in [0.5, 0.6) is 0 Å². The number of rotatable bonds is 12. The topological polar surface area (TPSA) is 326 Å². The number of carbonyl (C=O) groups excluding carboxylic acids is 1. The van der Waals surface area contributed by atoms with E-state index in [1.54, 1.807) is 0 Å². The summed E-state index contributed by atoms with van der Waals surface area (Å²) in [5.41, 5.74) is -1.76. The zero-order valence-electron chi connectivity index (χ0n) is 21.6. The van der Waals surface area contributed by atoms with E-state index in [-0.39, 0.29) is 0 Å². The summed E-state index contributed by atoms with van der Waals surface area (Å²) in [7, 11) is -11.1. The van der Waals surface area contributed by atoms with Gasteiger partial charge in [0.25, 0.3) is 5.56 Å². The zero-order valence-corrected chi connectivity index (χ0v) is 23.3. The van der Waals surface area contributed by atoms with Crippen molar-refractivity contribution in [1.29, 1.82) is 0 Å². The molecule has 2 saturated heterocycles. The summed E-state index contributed by atoms with van der Waals surface area (Å²) < 4.78 is 49.0. The highest BCUT2D eigenvalue weighted by Gasteiger charge is 2.48. The summed E-state index contributed by atoms with van der Waals surface area (Å²) in [5.74, 6) is -0.687. The molecule has 2 aliphatic rings. The second-order valence-electron chi connectivity index (χ2n) is 9.28. The third-order valence-corrected chi connectivity index (χ3v) is 8.79. The molecule has 3 heterocycles. The second-order valence-corrected chi connectivity index (χ2v) is 12.3. The number of aliphatic hydroxyl groups is 6. The number of nitrogens with one attached hydrogen (secondary N) is 2. The van der Waals surface area contributed by atoms with E-state index in [2.05, 4.69) is 18.7 Å². The molecule has 2 aliphatic heterocycles. The Morgan fingerprint density at radius 3 is 2.29 bits per heavy atom. The van der Waals surface area contributed by atoms with Crippen LogP contribution in [0.25, 0.3) is 0 Å². The van der Waals surface area contributed by atoms with Gasteiger partial charge in [0.05, 0.1) is 25.4 Å². The highest BCUT2D eigenvalue weighted by Crippen LogP contribution is 2.61. The van der Waals surface area contributed by atoms with Gasteiger partial charge in [0.15, 0.2) is 12.5 Å². The normalized spacial score (nSPS) is 35.2. The lowest BCUT2D eigenvalue weighted by atomic mass is 9.91. The van der Waals surface area contributed by atoms with E-state index < -0.39 is 114 Å². The van der Waals surface area contributed by atoms with Crippen molar-refractivity contribution >= 4 is 21.6 Å². The molecule has 0 bridgehead atoms. The van der Waals surface area contributed by atoms with Gasteiger partial charge in [0.2, 0.25) is 5.91 Å². The highest BCUT2D eigenvalue weighted by atomic mass is 31.3. The number of aromatic nitrogens is 2. The number of carbonyl (C=O) groups is 1. The van der Waals surface area contributed by atoms with Gasteiger partial charge in [-0.05, 0) is 0 Å². The first kappa shape index (κ1) is 34.6. The number of H-pyrrole nitrogens is 1. The molecule has 23 heteroatoms. The van der Waals surface area contributed by atoms with Crippen LogP contribution in [0.1, 0.15) is 19.6 Å². The molecular formula is C19H31N3O18P2. The van der Waals surface area contributed by atoms with Gasteiger partial charge in [-0.2, -0.15) is 4.31 Å². The molecule has 10 N–H and O–H groups in total. The predicted molar refractivity (Wildman–Crippen MR) is 131 cm³/mol. The fraction of sp³-hybridized carbons (Fsp3) is 0.737. The molecular weight excluding hydrogens is 620 g/mol. The maximum Gasteiger partial charge on any atom is 0.483 e. The molecule has 0 aromatic carbocycles. The number of phosphoric acid groups is 2. The maximum atomic E-state index is 12.3. The lowest BCUT2D eigenvalue weighted by molar-refractivity contribution is -0.208. The van der Waals surface area contributed by atoms with E-state index in [0.717, 1.165) is 23.8 Å². The Hall–Kier alpha value is -1.91. The number of ether oxygens (including phenoxy) is 2. The molecule has 1 aromatic rings. The fourth-order valence-electron chi connectivity index (χ4n) is 4.27. The molecule has 42 heavy (non-hydrogen) atoms. The molecule has 1 aromatic heterocycles. The van der Waals surface area contributed by atoms with Gasteiger partial charge in [0.1, 0.15) is 36.6 Å². The first-order valence-electron chi connectivity index (χ1n) is 12.0. The summed E-state index contributed by atoms with van der Waals surface area (Å²) in [6.07, 6.45) is -15.0. The van der Waals surface area contributed by atoms with Gasteiger partial charge in [-0.1, -0.05) is 0 Å². The summed E-state index contributed by atoms with van der Waals surface area (Å²) in [6, 6.07) is -0.457. The van der Waals surface area contributed by atoms with E-state index >= 15 is 0 Å². The minimum absolute atomic E-state index is 0.687. The first-order valence-corrected chi connectivity index (χ1v) is 15.0. The Labute approximate surface area is 235 Å². The van der Waals surface area contributed by atoms with Crippen LogP contribution in [-0.2, 0) is 36.8 Å². The maximum absolute atomic E-state index is 12.3. The molecule has 0 spiro atoms. The van der Waals surface area contributed by atoms with E-state index in [9.17, 15) is 63.9 Å². The van der Waals surface area contributed by atoms with E-state index in [1.807, 2.05) is 4.98 Å². The molecule has 2 fully saturated rings. The summed E-state index contributed by atoms with van der Waals surface area (Å²) in [5, 5.41) is 62.4. The van der Waals surface area contributed by atoms with E-state index in [0.29, 0.717) is 0 Å². The van der Waals surface area contributed by atoms with Crippen molar-refractivity contribution in [2.24, 2.45) is 0 Å². The van der Waals surface area contributed by atoms with Crippen molar-refractivity contribution in [3.63, 3.8) is 0 Å². The average Bonchev–Trinajstić information content (AvgIpc) is 3.14. The summed E-state index contributed by atoms with van der Waals surface area (Å²) in [6.45, 7) is -0.764. The van der Waals surface area contributed by atoms with Gasteiger partial charge >= 0.3 is 21.3 Å². The Morgan fingerprint density at radius 2 is 1.69 bits per heavy atom. The molecule has 0 aliphatic carbocycles. The molecule has 3 rings (SSSR count). The summed E-state index contributed by atoms with van der Waals surface area (Å²) >= 11 is 0. The van der Waals surface area contributed by atoms with Crippen molar-refractivity contribution in [3.05, 3.63) is 33.1 Å². The third kappa shape index (κ3) is 8.59. The molecule has 12 atom stereocenters. The Morgan fingerprint density at radius 1 is 1.05 bits per heavy atom. The van der Waals surface area contributed by atoms with Crippen LogP contribution in [0.4, 0.5) is 0 Å². The van der Waals surface area contributed by atoms with Crippen LogP contribution in [0.3, 0.4) is 0 Å². The molecule has 1 amide bonds. The lowest BCUT2D eigenvalue weighted by Gasteiger charge is -2.43. The smallest absolute Gasteiger partial charge is 0.394 e. The Bertz CT molecular complexity index is 1310. The zero-order chi connectivity index (χ0) is 31.6. The molecule has 0 radical (unpaired) electrons. The van der Waals surface area contributed by atoms with E-state index in [1.165, 1.54) is 0 Å². The molecule has 3 unspecified atom stereocenters. The second kappa shape index (κ2) is 13.8. The van der Waals surface area contributed by atoms with Crippen molar-refractivity contribution < 1.29 is 77.2 Å². The van der Waals surface area contributed by atoms with Gasteiger partial charge in [-0.15, -0.1) is 0 Å². The van der Waals surface area contributed by atoms with Crippen molar-refractivity contribution in [3.8, 4) is 0 Å².